The minimum Gasteiger partial charge on any atom is -0.347 e. The van der Waals surface area contributed by atoms with Crippen LogP contribution in [0, 0.1) is 6.92 Å². The number of aromatic nitrogens is 1. The van der Waals surface area contributed by atoms with Crippen molar-refractivity contribution in [1.29, 1.82) is 0 Å². The van der Waals surface area contributed by atoms with Crippen molar-refractivity contribution >= 4 is 0 Å². The van der Waals surface area contributed by atoms with Gasteiger partial charge in [0.2, 0.25) is 0 Å². The minimum absolute atomic E-state index is 0.00660. The molecule has 2 heteroatoms. The molecular formula is C13H20N2. The van der Waals surface area contributed by atoms with Crippen molar-refractivity contribution in [3.05, 3.63) is 23.0 Å². The summed E-state index contributed by atoms with van der Waals surface area (Å²) in [6, 6.07) is 2.35. The van der Waals surface area contributed by atoms with E-state index >= 15 is 0 Å². The van der Waals surface area contributed by atoms with Gasteiger partial charge in [-0.15, -0.1) is 0 Å². The van der Waals surface area contributed by atoms with Crippen LogP contribution in [-0.2, 0) is 18.5 Å². The Labute approximate surface area is 91.5 Å². The van der Waals surface area contributed by atoms with E-state index in [1.54, 1.807) is 5.69 Å². The van der Waals surface area contributed by atoms with Gasteiger partial charge >= 0.3 is 0 Å². The smallest absolute Gasteiger partial charge is 0.0563 e. The zero-order chi connectivity index (χ0) is 10.5. The van der Waals surface area contributed by atoms with Crippen LogP contribution < -0.4 is 5.73 Å². The third-order valence-electron chi connectivity index (χ3n) is 4.23. The molecule has 0 saturated heterocycles. The predicted molar refractivity (Wildman–Crippen MR) is 61.8 cm³/mol. The topological polar surface area (TPSA) is 30.9 Å². The Morgan fingerprint density at radius 2 is 2.00 bits per heavy atom. The lowest BCUT2D eigenvalue weighted by Crippen LogP contribution is -2.35. The molecule has 0 radical (unpaired) electrons. The maximum absolute atomic E-state index is 6.55. The second kappa shape index (κ2) is 3.11. The Balaban J connectivity index is 2.08. The SMILES string of the molecule is Cc1cc(C2(N)CCCC2)n2c1CCC2. The summed E-state index contributed by atoms with van der Waals surface area (Å²) in [5.41, 5.74) is 11.0. The standard InChI is InChI=1S/C13H20N2/c1-10-9-12(13(14)6-2-3-7-13)15-8-4-5-11(10)15/h9H,2-8,14H2,1H3. The molecule has 1 saturated carbocycles. The van der Waals surface area contributed by atoms with E-state index in [1.807, 2.05) is 0 Å². The zero-order valence-electron chi connectivity index (χ0n) is 9.55. The maximum atomic E-state index is 6.55. The molecule has 1 aromatic rings. The molecule has 0 bridgehead atoms. The van der Waals surface area contributed by atoms with Gasteiger partial charge in [0, 0.05) is 17.9 Å². The highest BCUT2D eigenvalue weighted by molar-refractivity contribution is 5.33. The molecule has 2 N–H and O–H groups in total. The Hall–Kier alpha value is -0.760. The minimum atomic E-state index is -0.00660. The molecule has 2 aliphatic rings. The highest BCUT2D eigenvalue weighted by Gasteiger charge is 2.35. The summed E-state index contributed by atoms with van der Waals surface area (Å²) in [5.74, 6) is 0. The van der Waals surface area contributed by atoms with Crippen LogP contribution in [0.3, 0.4) is 0 Å². The molecule has 2 heterocycles. The molecule has 1 aromatic heterocycles. The second-order valence-electron chi connectivity index (χ2n) is 5.28. The Bertz CT molecular complexity index is 383. The lowest BCUT2D eigenvalue weighted by atomic mass is 9.94. The van der Waals surface area contributed by atoms with Crippen molar-refractivity contribution in [1.82, 2.24) is 4.57 Å². The van der Waals surface area contributed by atoms with Crippen LogP contribution >= 0.6 is 0 Å². The molecule has 1 fully saturated rings. The van der Waals surface area contributed by atoms with Crippen LogP contribution in [0.2, 0.25) is 0 Å². The molecule has 0 spiro atoms. The first-order valence-corrected chi connectivity index (χ1v) is 6.19. The summed E-state index contributed by atoms with van der Waals surface area (Å²) in [7, 11) is 0. The van der Waals surface area contributed by atoms with Gasteiger partial charge in [-0.3, -0.25) is 0 Å². The molecule has 82 valence electrons. The second-order valence-corrected chi connectivity index (χ2v) is 5.28. The Kier molecular flexibility index (Phi) is 1.96. The fraction of sp³-hybridized carbons (Fsp3) is 0.692. The van der Waals surface area contributed by atoms with Crippen molar-refractivity contribution in [2.45, 2.75) is 57.5 Å². The Morgan fingerprint density at radius 3 is 2.73 bits per heavy atom. The van der Waals surface area contributed by atoms with Crippen LogP contribution in [0.15, 0.2) is 6.07 Å². The predicted octanol–water partition coefficient (Wildman–Crippen LogP) is 2.47. The van der Waals surface area contributed by atoms with Gasteiger partial charge in [0.25, 0.3) is 0 Å². The lowest BCUT2D eigenvalue weighted by Gasteiger charge is -2.25. The number of aryl methyl sites for hydroxylation is 1. The first-order valence-electron chi connectivity index (χ1n) is 6.19. The number of nitrogens with two attached hydrogens (primary N) is 1. The summed E-state index contributed by atoms with van der Waals surface area (Å²) >= 11 is 0. The van der Waals surface area contributed by atoms with E-state index in [-0.39, 0.29) is 5.54 Å². The molecular weight excluding hydrogens is 184 g/mol. The van der Waals surface area contributed by atoms with Crippen LogP contribution in [0.5, 0.6) is 0 Å². The van der Waals surface area contributed by atoms with E-state index in [9.17, 15) is 0 Å². The van der Waals surface area contributed by atoms with Gasteiger partial charge < -0.3 is 10.3 Å². The molecule has 15 heavy (non-hydrogen) atoms. The summed E-state index contributed by atoms with van der Waals surface area (Å²) in [4.78, 5) is 0. The van der Waals surface area contributed by atoms with Crippen molar-refractivity contribution in [2.24, 2.45) is 5.73 Å². The number of hydrogen-bond donors (Lipinski definition) is 1. The van der Waals surface area contributed by atoms with Gasteiger partial charge in [0.15, 0.2) is 0 Å². The van der Waals surface area contributed by atoms with Crippen LogP contribution in [-0.4, -0.2) is 4.57 Å². The highest BCUT2D eigenvalue weighted by Crippen LogP contribution is 2.39. The first kappa shape index (κ1) is 9.46. The van der Waals surface area contributed by atoms with Crippen LogP contribution in [0.25, 0.3) is 0 Å². The van der Waals surface area contributed by atoms with Crippen molar-refractivity contribution < 1.29 is 0 Å². The zero-order valence-corrected chi connectivity index (χ0v) is 9.55. The first-order chi connectivity index (χ1) is 7.21. The summed E-state index contributed by atoms with van der Waals surface area (Å²) in [5, 5.41) is 0. The average Bonchev–Trinajstić information content (AvgIpc) is 2.85. The molecule has 0 unspecified atom stereocenters. The van der Waals surface area contributed by atoms with Gasteiger partial charge in [0.1, 0.15) is 0 Å². The van der Waals surface area contributed by atoms with Crippen molar-refractivity contribution in [3.8, 4) is 0 Å². The van der Waals surface area contributed by atoms with E-state index in [0.717, 1.165) is 0 Å². The van der Waals surface area contributed by atoms with Crippen molar-refractivity contribution in [3.63, 3.8) is 0 Å². The van der Waals surface area contributed by atoms with Crippen molar-refractivity contribution in [2.75, 3.05) is 0 Å². The fourth-order valence-corrected chi connectivity index (χ4v) is 3.39. The van der Waals surface area contributed by atoms with E-state index in [0.29, 0.717) is 0 Å². The monoisotopic (exact) mass is 204 g/mol. The largest absolute Gasteiger partial charge is 0.347 e. The molecule has 3 rings (SSSR count). The lowest BCUT2D eigenvalue weighted by molar-refractivity contribution is 0.425. The van der Waals surface area contributed by atoms with E-state index < -0.39 is 0 Å². The van der Waals surface area contributed by atoms with E-state index in [1.165, 1.54) is 56.3 Å². The summed E-state index contributed by atoms with van der Waals surface area (Å²) in [6.45, 7) is 3.43. The third kappa shape index (κ3) is 1.27. The normalized spacial score (nSPS) is 23.3. The average molecular weight is 204 g/mol. The highest BCUT2D eigenvalue weighted by atomic mass is 15.1. The molecule has 1 aliphatic carbocycles. The third-order valence-corrected chi connectivity index (χ3v) is 4.23. The summed E-state index contributed by atoms with van der Waals surface area (Å²) in [6.07, 6.45) is 7.51. The molecule has 1 aliphatic heterocycles. The van der Waals surface area contributed by atoms with Gasteiger partial charge in [-0.05, 0) is 44.2 Å². The number of hydrogen-bond acceptors (Lipinski definition) is 1. The van der Waals surface area contributed by atoms with Crippen LogP contribution in [0.4, 0.5) is 0 Å². The molecule has 0 aromatic carbocycles. The van der Waals surface area contributed by atoms with Crippen LogP contribution in [0.1, 0.15) is 49.1 Å². The number of fused-ring (bicyclic) bond motifs is 1. The van der Waals surface area contributed by atoms with E-state index in [2.05, 4.69) is 17.6 Å². The number of rotatable bonds is 1. The number of nitrogens with zero attached hydrogens (tertiary/aromatic N) is 1. The van der Waals surface area contributed by atoms with Gasteiger partial charge in [-0.1, -0.05) is 12.8 Å². The van der Waals surface area contributed by atoms with E-state index in [4.69, 9.17) is 5.73 Å². The molecule has 0 amide bonds. The molecule has 0 atom stereocenters. The Morgan fingerprint density at radius 1 is 1.27 bits per heavy atom. The molecule has 2 nitrogen and oxygen atoms in total. The quantitative estimate of drug-likeness (QED) is 0.748. The fourth-order valence-electron chi connectivity index (χ4n) is 3.39. The van der Waals surface area contributed by atoms with Gasteiger partial charge in [0.05, 0.1) is 5.54 Å². The maximum Gasteiger partial charge on any atom is 0.0563 e. The van der Waals surface area contributed by atoms with Gasteiger partial charge in [-0.2, -0.15) is 0 Å². The van der Waals surface area contributed by atoms with Gasteiger partial charge in [-0.25, -0.2) is 0 Å². The summed E-state index contributed by atoms with van der Waals surface area (Å²) < 4.78 is 2.50.